The smallest absolute Gasteiger partial charge is 0.175 e. The van der Waals surface area contributed by atoms with E-state index >= 15 is 0 Å². The van der Waals surface area contributed by atoms with E-state index in [1.807, 2.05) is 6.26 Å². The van der Waals surface area contributed by atoms with E-state index in [4.69, 9.17) is 10.9 Å². The van der Waals surface area contributed by atoms with Gasteiger partial charge >= 0.3 is 0 Å². The van der Waals surface area contributed by atoms with Gasteiger partial charge in [0.15, 0.2) is 8.68 Å². The Morgan fingerprint density at radius 1 is 1.57 bits per heavy atom. The van der Waals surface area contributed by atoms with E-state index < -0.39 is 0 Å². The predicted octanol–water partition coefficient (Wildman–Crippen LogP) is 1.49. The second-order valence-corrected chi connectivity index (χ2v) is 5.60. The normalized spacial score (nSPS) is 11.9. The minimum absolute atomic E-state index is 0.243. The van der Waals surface area contributed by atoms with Crippen molar-refractivity contribution >= 4 is 40.7 Å². The average molecular weight is 250 g/mol. The molecule has 1 aromatic rings. The van der Waals surface area contributed by atoms with Crippen LogP contribution >= 0.6 is 34.9 Å². The molecule has 0 aliphatic heterocycles. The predicted molar refractivity (Wildman–Crippen MR) is 60.4 cm³/mol. The number of rotatable bonds is 5. The van der Waals surface area contributed by atoms with Gasteiger partial charge in [-0.1, -0.05) is 40.0 Å². The highest BCUT2D eigenvalue weighted by Crippen LogP contribution is 2.27. The number of hydrogen-bond donors (Lipinski definition) is 2. The lowest BCUT2D eigenvalue weighted by atomic mass is 10.5. The summed E-state index contributed by atoms with van der Waals surface area (Å²) in [5.41, 5.74) is 5.32. The fraction of sp³-hybridized carbons (Fsp3) is 0.500. The van der Waals surface area contributed by atoms with Gasteiger partial charge in [0.25, 0.3) is 0 Å². The molecular weight excluding hydrogens is 240 g/mol. The van der Waals surface area contributed by atoms with Gasteiger partial charge in [-0.2, -0.15) is 0 Å². The molecule has 0 amide bonds. The molecule has 5 nitrogen and oxygen atoms in total. The monoisotopic (exact) mass is 250 g/mol. The van der Waals surface area contributed by atoms with Crippen molar-refractivity contribution in [2.45, 2.75) is 15.1 Å². The topological polar surface area (TPSA) is 84.4 Å². The van der Waals surface area contributed by atoms with E-state index in [2.05, 4.69) is 15.4 Å². The van der Waals surface area contributed by atoms with Crippen molar-refractivity contribution in [2.24, 2.45) is 10.9 Å². The van der Waals surface area contributed by atoms with Gasteiger partial charge in [0.05, 0.1) is 0 Å². The van der Waals surface area contributed by atoms with Crippen molar-refractivity contribution < 1.29 is 5.21 Å². The first-order valence-corrected chi connectivity index (χ1v) is 6.75. The van der Waals surface area contributed by atoms with Crippen LogP contribution in [-0.2, 0) is 0 Å². The Morgan fingerprint density at radius 2 is 2.29 bits per heavy atom. The molecule has 0 bridgehead atoms. The van der Waals surface area contributed by atoms with Crippen LogP contribution in [0.25, 0.3) is 0 Å². The SMILES string of the molecule is CSc1nnc(SCCC(N)=NO)s1. The molecule has 78 valence electrons. The van der Waals surface area contributed by atoms with E-state index in [1.54, 1.807) is 34.9 Å². The third kappa shape index (κ3) is 3.72. The van der Waals surface area contributed by atoms with Crippen LogP contribution < -0.4 is 5.73 Å². The molecule has 0 saturated heterocycles. The van der Waals surface area contributed by atoms with Crippen molar-refractivity contribution in [1.82, 2.24) is 10.2 Å². The van der Waals surface area contributed by atoms with Crippen LogP contribution in [0.15, 0.2) is 13.8 Å². The highest BCUT2D eigenvalue weighted by molar-refractivity contribution is 8.02. The molecule has 14 heavy (non-hydrogen) atoms. The van der Waals surface area contributed by atoms with Crippen LogP contribution in [-0.4, -0.2) is 33.2 Å². The molecular formula is C6H10N4OS3. The molecule has 1 aromatic heterocycles. The number of amidine groups is 1. The Bertz CT molecular complexity index is 314. The van der Waals surface area contributed by atoms with Gasteiger partial charge in [-0.15, -0.1) is 10.2 Å². The lowest BCUT2D eigenvalue weighted by Gasteiger charge is -1.94. The first-order chi connectivity index (χ1) is 6.76. The Labute approximate surface area is 94.2 Å². The van der Waals surface area contributed by atoms with E-state index in [0.29, 0.717) is 6.42 Å². The van der Waals surface area contributed by atoms with Crippen LogP contribution in [0.4, 0.5) is 0 Å². The molecule has 0 unspecified atom stereocenters. The number of oxime groups is 1. The van der Waals surface area contributed by atoms with Crippen LogP contribution in [0, 0.1) is 0 Å². The Kier molecular flexibility index (Phi) is 5.05. The van der Waals surface area contributed by atoms with E-state index in [1.165, 1.54) is 0 Å². The summed E-state index contributed by atoms with van der Waals surface area (Å²) < 4.78 is 1.87. The van der Waals surface area contributed by atoms with Gasteiger partial charge in [-0.05, 0) is 6.26 Å². The zero-order chi connectivity index (χ0) is 10.4. The molecule has 0 atom stereocenters. The largest absolute Gasteiger partial charge is 0.409 e. The molecule has 0 aliphatic rings. The fourth-order valence-corrected chi connectivity index (χ4v) is 3.10. The van der Waals surface area contributed by atoms with Gasteiger partial charge in [0.2, 0.25) is 0 Å². The molecule has 0 saturated carbocycles. The molecule has 1 rings (SSSR count). The average Bonchev–Trinajstić information content (AvgIpc) is 2.65. The van der Waals surface area contributed by atoms with Gasteiger partial charge in [0.1, 0.15) is 5.84 Å². The van der Waals surface area contributed by atoms with Crippen molar-refractivity contribution in [3.63, 3.8) is 0 Å². The van der Waals surface area contributed by atoms with Gasteiger partial charge in [-0.25, -0.2) is 0 Å². The fourth-order valence-electron chi connectivity index (χ4n) is 0.631. The standard InChI is InChI=1S/C6H10N4OS3/c1-12-5-8-9-6(14-5)13-3-2-4(7)10-11/h11H,2-3H2,1H3,(H2,7,10). The maximum Gasteiger partial charge on any atom is 0.175 e. The zero-order valence-electron chi connectivity index (χ0n) is 7.51. The van der Waals surface area contributed by atoms with Gasteiger partial charge in [-0.3, -0.25) is 0 Å². The summed E-state index contributed by atoms with van der Waals surface area (Å²) in [6.07, 6.45) is 2.51. The van der Waals surface area contributed by atoms with Gasteiger partial charge in [0, 0.05) is 12.2 Å². The summed E-state index contributed by atoms with van der Waals surface area (Å²) in [5, 5.41) is 19.1. The lowest BCUT2D eigenvalue weighted by molar-refractivity contribution is 0.317. The second-order valence-electron chi connectivity index (χ2n) is 2.23. The minimum atomic E-state index is 0.243. The highest BCUT2D eigenvalue weighted by atomic mass is 32.2. The first-order valence-electron chi connectivity index (χ1n) is 3.73. The third-order valence-electron chi connectivity index (χ3n) is 1.27. The van der Waals surface area contributed by atoms with E-state index in [0.717, 1.165) is 14.4 Å². The lowest BCUT2D eigenvalue weighted by Crippen LogP contribution is -2.11. The van der Waals surface area contributed by atoms with Crippen LogP contribution in [0.3, 0.4) is 0 Å². The van der Waals surface area contributed by atoms with Crippen molar-refractivity contribution in [3.8, 4) is 0 Å². The summed E-state index contributed by atoms with van der Waals surface area (Å²) in [7, 11) is 0. The summed E-state index contributed by atoms with van der Waals surface area (Å²) in [4.78, 5) is 0. The molecule has 3 N–H and O–H groups in total. The Hall–Kier alpha value is -0.470. The number of nitrogens with two attached hydrogens (primary N) is 1. The molecule has 0 radical (unpaired) electrons. The Morgan fingerprint density at radius 3 is 2.86 bits per heavy atom. The quantitative estimate of drug-likeness (QED) is 0.271. The summed E-state index contributed by atoms with van der Waals surface area (Å²) in [5.74, 6) is 0.992. The summed E-state index contributed by atoms with van der Waals surface area (Å²) >= 11 is 4.69. The van der Waals surface area contributed by atoms with Crippen LogP contribution in [0.5, 0.6) is 0 Å². The first kappa shape index (κ1) is 11.6. The molecule has 1 heterocycles. The second kappa shape index (κ2) is 6.10. The van der Waals surface area contributed by atoms with Crippen molar-refractivity contribution in [2.75, 3.05) is 12.0 Å². The summed E-state index contributed by atoms with van der Waals surface area (Å²) in [6.45, 7) is 0. The zero-order valence-corrected chi connectivity index (χ0v) is 9.95. The van der Waals surface area contributed by atoms with Crippen molar-refractivity contribution in [1.29, 1.82) is 0 Å². The number of hydrogen-bond acceptors (Lipinski definition) is 7. The molecule has 0 aromatic carbocycles. The van der Waals surface area contributed by atoms with Gasteiger partial charge < -0.3 is 10.9 Å². The molecule has 0 aliphatic carbocycles. The van der Waals surface area contributed by atoms with E-state index in [9.17, 15) is 0 Å². The number of nitrogens with zero attached hydrogens (tertiary/aromatic N) is 3. The van der Waals surface area contributed by atoms with E-state index in [-0.39, 0.29) is 5.84 Å². The molecule has 0 spiro atoms. The summed E-state index contributed by atoms with van der Waals surface area (Å²) in [6, 6.07) is 0. The Balaban J connectivity index is 2.31. The third-order valence-corrected chi connectivity index (χ3v) is 4.31. The number of aromatic nitrogens is 2. The number of thioether (sulfide) groups is 2. The maximum absolute atomic E-state index is 8.30. The molecule has 8 heteroatoms. The molecule has 0 fully saturated rings. The van der Waals surface area contributed by atoms with Crippen LogP contribution in [0.1, 0.15) is 6.42 Å². The maximum atomic E-state index is 8.30. The highest BCUT2D eigenvalue weighted by Gasteiger charge is 2.03. The van der Waals surface area contributed by atoms with Crippen molar-refractivity contribution in [3.05, 3.63) is 0 Å². The minimum Gasteiger partial charge on any atom is -0.409 e. The van der Waals surface area contributed by atoms with Crippen LogP contribution in [0.2, 0.25) is 0 Å².